The molecule has 0 aliphatic carbocycles. The lowest BCUT2D eigenvalue weighted by molar-refractivity contribution is -0.136. The zero-order chi connectivity index (χ0) is 11.3. The van der Waals surface area contributed by atoms with Crippen molar-refractivity contribution in [2.75, 3.05) is 6.61 Å². The zero-order valence-corrected chi connectivity index (χ0v) is 9.82. The van der Waals surface area contributed by atoms with Crippen molar-refractivity contribution in [3.8, 4) is 0 Å². The molecule has 3 nitrogen and oxygen atoms in total. The molecule has 0 aromatic heterocycles. The molecule has 15 heavy (non-hydrogen) atoms. The molecule has 1 aromatic rings. The second-order valence-corrected chi connectivity index (χ2v) is 3.60. The number of rotatable bonds is 3. The fourth-order valence-corrected chi connectivity index (χ4v) is 1.62. The van der Waals surface area contributed by atoms with Gasteiger partial charge in [-0.15, -0.1) is 0 Å². The van der Waals surface area contributed by atoms with Gasteiger partial charge in [0, 0.05) is 10.0 Å². The van der Waals surface area contributed by atoms with Crippen molar-refractivity contribution in [3.63, 3.8) is 0 Å². The van der Waals surface area contributed by atoms with Crippen molar-refractivity contribution < 1.29 is 14.6 Å². The standard InChI is InChI=1S/C11H11BrO3/c1-2-15-11(14)9(7-13)8-5-3-4-6-10(8)12/h3-7,13H,2H2,1H3/b9-7-. The van der Waals surface area contributed by atoms with Crippen molar-refractivity contribution >= 4 is 27.5 Å². The smallest absolute Gasteiger partial charge is 0.341 e. The van der Waals surface area contributed by atoms with E-state index >= 15 is 0 Å². The van der Waals surface area contributed by atoms with Gasteiger partial charge in [0.05, 0.1) is 12.9 Å². The third-order valence-corrected chi connectivity index (χ3v) is 2.48. The summed E-state index contributed by atoms with van der Waals surface area (Å²) < 4.78 is 5.55. The van der Waals surface area contributed by atoms with Crippen LogP contribution in [0.5, 0.6) is 0 Å². The summed E-state index contributed by atoms with van der Waals surface area (Å²) in [5.74, 6) is -0.535. The van der Waals surface area contributed by atoms with Crippen LogP contribution in [0.3, 0.4) is 0 Å². The summed E-state index contributed by atoms with van der Waals surface area (Å²) in [5.41, 5.74) is 0.753. The van der Waals surface area contributed by atoms with Crippen LogP contribution in [0.25, 0.3) is 5.57 Å². The lowest BCUT2D eigenvalue weighted by Crippen LogP contribution is -2.07. The van der Waals surface area contributed by atoms with E-state index in [9.17, 15) is 4.79 Å². The van der Waals surface area contributed by atoms with Gasteiger partial charge < -0.3 is 9.84 Å². The molecule has 1 rings (SSSR count). The van der Waals surface area contributed by atoms with Crippen LogP contribution in [-0.4, -0.2) is 17.7 Å². The highest BCUT2D eigenvalue weighted by Gasteiger charge is 2.15. The maximum absolute atomic E-state index is 11.5. The van der Waals surface area contributed by atoms with Gasteiger partial charge in [-0.1, -0.05) is 34.1 Å². The van der Waals surface area contributed by atoms with Crippen molar-refractivity contribution in [1.82, 2.24) is 0 Å². The van der Waals surface area contributed by atoms with Crippen LogP contribution < -0.4 is 0 Å². The van der Waals surface area contributed by atoms with E-state index in [1.807, 2.05) is 6.07 Å². The first-order valence-electron chi connectivity index (χ1n) is 4.47. The molecule has 0 spiro atoms. The van der Waals surface area contributed by atoms with Gasteiger partial charge in [0.15, 0.2) is 0 Å². The minimum atomic E-state index is -0.535. The number of aliphatic hydroxyl groups is 1. The van der Waals surface area contributed by atoms with Crippen LogP contribution in [-0.2, 0) is 9.53 Å². The Balaban J connectivity index is 3.04. The van der Waals surface area contributed by atoms with Gasteiger partial charge >= 0.3 is 5.97 Å². The van der Waals surface area contributed by atoms with Gasteiger partial charge in [-0.3, -0.25) is 0 Å². The quantitative estimate of drug-likeness (QED) is 0.522. The average molecular weight is 271 g/mol. The third kappa shape index (κ3) is 2.83. The largest absolute Gasteiger partial charge is 0.515 e. The average Bonchev–Trinajstić information content (AvgIpc) is 2.22. The number of esters is 1. The number of aliphatic hydroxyl groups excluding tert-OH is 1. The predicted octanol–water partition coefficient (Wildman–Crippen LogP) is 2.91. The van der Waals surface area contributed by atoms with Gasteiger partial charge in [-0.25, -0.2) is 4.79 Å². The maximum atomic E-state index is 11.5. The number of hydrogen-bond donors (Lipinski definition) is 1. The molecular weight excluding hydrogens is 260 g/mol. The SMILES string of the molecule is CCOC(=O)/C(=C\O)c1ccccc1Br. The predicted molar refractivity (Wildman–Crippen MR) is 61.4 cm³/mol. The summed E-state index contributed by atoms with van der Waals surface area (Å²) in [7, 11) is 0. The highest BCUT2D eigenvalue weighted by atomic mass is 79.9. The molecule has 0 fully saturated rings. The van der Waals surface area contributed by atoms with Gasteiger partial charge in [-0.2, -0.15) is 0 Å². The van der Waals surface area contributed by atoms with Crippen LogP contribution >= 0.6 is 15.9 Å². The van der Waals surface area contributed by atoms with E-state index in [2.05, 4.69) is 15.9 Å². The number of benzene rings is 1. The van der Waals surface area contributed by atoms with Gasteiger partial charge in [0.2, 0.25) is 0 Å². The molecule has 0 aliphatic heterocycles. The molecular formula is C11H11BrO3. The molecule has 0 bridgehead atoms. The first-order valence-corrected chi connectivity index (χ1v) is 5.26. The summed E-state index contributed by atoms with van der Waals surface area (Å²) in [6.07, 6.45) is 0.762. The second kappa shape index (κ2) is 5.56. The van der Waals surface area contributed by atoms with E-state index in [4.69, 9.17) is 9.84 Å². The molecule has 0 aliphatic rings. The van der Waals surface area contributed by atoms with E-state index in [1.165, 1.54) is 0 Å². The van der Waals surface area contributed by atoms with Crippen molar-refractivity contribution in [3.05, 3.63) is 40.6 Å². The minimum Gasteiger partial charge on any atom is -0.515 e. The lowest BCUT2D eigenvalue weighted by atomic mass is 10.1. The van der Waals surface area contributed by atoms with Gasteiger partial charge in [0.1, 0.15) is 5.57 Å². The lowest BCUT2D eigenvalue weighted by Gasteiger charge is -2.07. The van der Waals surface area contributed by atoms with Gasteiger partial charge in [-0.05, 0) is 13.0 Å². The number of halogens is 1. The molecule has 1 aromatic carbocycles. The Morgan fingerprint density at radius 1 is 1.53 bits per heavy atom. The molecule has 0 atom stereocenters. The summed E-state index contributed by atoms with van der Waals surface area (Å²) in [6, 6.07) is 7.12. The fourth-order valence-electron chi connectivity index (χ4n) is 1.12. The number of carbonyl (C=O) groups is 1. The molecule has 0 heterocycles. The molecule has 1 N–H and O–H groups in total. The van der Waals surface area contributed by atoms with Crippen molar-refractivity contribution in [2.45, 2.75) is 6.92 Å². The Morgan fingerprint density at radius 2 is 2.20 bits per heavy atom. The Hall–Kier alpha value is -1.29. The van der Waals surface area contributed by atoms with Crippen molar-refractivity contribution in [1.29, 1.82) is 0 Å². The Bertz CT molecular complexity index is 385. The monoisotopic (exact) mass is 270 g/mol. The van der Waals surface area contributed by atoms with Gasteiger partial charge in [0.25, 0.3) is 0 Å². The van der Waals surface area contributed by atoms with E-state index in [-0.39, 0.29) is 12.2 Å². The molecule has 0 saturated heterocycles. The zero-order valence-electron chi connectivity index (χ0n) is 8.24. The second-order valence-electron chi connectivity index (χ2n) is 2.74. The van der Waals surface area contributed by atoms with E-state index in [0.717, 1.165) is 10.7 Å². The highest BCUT2D eigenvalue weighted by Crippen LogP contribution is 2.24. The summed E-state index contributed by atoms with van der Waals surface area (Å²) >= 11 is 3.30. The van der Waals surface area contributed by atoms with E-state index in [0.29, 0.717) is 5.56 Å². The summed E-state index contributed by atoms with van der Waals surface area (Å²) in [5, 5.41) is 9.02. The van der Waals surface area contributed by atoms with Crippen LogP contribution in [0.2, 0.25) is 0 Å². The van der Waals surface area contributed by atoms with E-state index < -0.39 is 5.97 Å². The van der Waals surface area contributed by atoms with E-state index in [1.54, 1.807) is 25.1 Å². The van der Waals surface area contributed by atoms with Crippen LogP contribution in [0.15, 0.2) is 35.0 Å². The molecule has 0 saturated carbocycles. The molecule has 0 amide bonds. The van der Waals surface area contributed by atoms with Crippen LogP contribution in [0.4, 0.5) is 0 Å². The van der Waals surface area contributed by atoms with Crippen molar-refractivity contribution in [2.24, 2.45) is 0 Å². The first-order chi connectivity index (χ1) is 7.20. The normalized spacial score (nSPS) is 11.2. The maximum Gasteiger partial charge on any atom is 0.341 e. The number of ether oxygens (including phenoxy) is 1. The Labute approximate surface area is 96.5 Å². The molecule has 0 radical (unpaired) electrons. The first kappa shape index (κ1) is 11.8. The molecule has 0 unspecified atom stereocenters. The summed E-state index contributed by atoms with van der Waals surface area (Å²) in [6.45, 7) is 1.99. The fraction of sp³-hybridized carbons (Fsp3) is 0.182. The molecule has 4 heteroatoms. The third-order valence-electron chi connectivity index (χ3n) is 1.79. The minimum absolute atomic E-state index is 0.143. The summed E-state index contributed by atoms with van der Waals surface area (Å²) in [4.78, 5) is 11.5. The Morgan fingerprint density at radius 3 is 2.73 bits per heavy atom. The number of carbonyl (C=O) groups excluding carboxylic acids is 1. The topological polar surface area (TPSA) is 46.5 Å². The highest BCUT2D eigenvalue weighted by molar-refractivity contribution is 9.10. The number of hydrogen-bond acceptors (Lipinski definition) is 3. The van der Waals surface area contributed by atoms with Crippen LogP contribution in [0, 0.1) is 0 Å². The van der Waals surface area contributed by atoms with Crippen LogP contribution in [0.1, 0.15) is 12.5 Å². The Kier molecular flexibility index (Phi) is 4.37. The molecule has 80 valence electrons.